The Balaban J connectivity index is 0.000000378. The fraction of sp³-hybridized carbons (Fsp3) is 0.455. The van der Waals surface area contributed by atoms with E-state index < -0.39 is 0 Å². The molecule has 1 heteroatoms. The van der Waals surface area contributed by atoms with Gasteiger partial charge < -0.3 is 0 Å². The Morgan fingerprint density at radius 2 is 1.83 bits per heavy atom. The number of fused-ring (bicyclic) bond motifs is 1. The van der Waals surface area contributed by atoms with Crippen LogP contribution in [0.1, 0.15) is 31.4 Å². The first kappa shape index (κ1) is 11.9. The zero-order chi connectivity index (χ0) is 8.10. The van der Waals surface area contributed by atoms with Gasteiger partial charge in [0.1, 0.15) is 0 Å². The molecule has 0 spiro atoms. The van der Waals surface area contributed by atoms with Crippen molar-refractivity contribution < 1.29 is 21.1 Å². The van der Waals surface area contributed by atoms with E-state index in [1.54, 1.807) is 0 Å². The summed E-state index contributed by atoms with van der Waals surface area (Å²) in [6.07, 6.45) is 3.89. The fourth-order valence-corrected chi connectivity index (χ4v) is 1.44. The van der Waals surface area contributed by atoms with Crippen LogP contribution in [0.3, 0.4) is 0 Å². The number of aryl methyl sites for hydroxylation is 2. The van der Waals surface area contributed by atoms with Crippen molar-refractivity contribution in [1.29, 1.82) is 0 Å². The van der Waals surface area contributed by atoms with Gasteiger partial charge in [0.2, 0.25) is 0 Å². The minimum Gasteiger partial charge on any atom is -0.184 e. The second-order valence-corrected chi connectivity index (χ2v) is 2.55. The van der Waals surface area contributed by atoms with E-state index in [0.29, 0.717) is 0 Å². The molecule has 0 atom stereocenters. The first-order chi connectivity index (χ1) is 5.47. The summed E-state index contributed by atoms with van der Waals surface area (Å²) in [5.41, 5.74) is 3.05. The topological polar surface area (TPSA) is 0 Å². The second-order valence-electron chi connectivity index (χ2n) is 2.55. The van der Waals surface area contributed by atoms with Gasteiger partial charge in [-0.3, -0.25) is 0 Å². The maximum atomic E-state index is 3.09. The molecule has 0 aliphatic heterocycles. The molecule has 0 amide bonds. The Morgan fingerprint density at radius 1 is 1.17 bits per heavy atom. The molecule has 1 aliphatic carbocycles. The van der Waals surface area contributed by atoms with Crippen molar-refractivity contribution in [1.82, 2.24) is 0 Å². The molecule has 1 aromatic carbocycles. The van der Waals surface area contributed by atoms with E-state index >= 15 is 0 Å². The number of hydrogen-bond donors (Lipinski definition) is 0. The Kier molecular flexibility index (Phi) is 6.38. The van der Waals surface area contributed by atoms with Crippen LogP contribution in [0, 0.1) is 6.07 Å². The Morgan fingerprint density at radius 3 is 2.50 bits per heavy atom. The predicted molar refractivity (Wildman–Crippen MR) is 48.7 cm³/mol. The van der Waals surface area contributed by atoms with E-state index in [0.717, 1.165) is 0 Å². The van der Waals surface area contributed by atoms with Crippen molar-refractivity contribution in [2.45, 2.75) is 33.1 Å². The van der Waals surface area contributed by atoms with Crippen LogP contribution in [0.5, 0.6) is 0 Å². The third kappa shape index (κ3) is 2.75. The van der Waals surface area contributed by atoms with Crippen molar-refractivity contribution in [3.63, 3.8) is 0 Å². The van der Waals surface area contributed by atoms with Crippen molar-refractivity contribution in [2.24, 2.45) is 0 Å². The smallest absolute Gasteiger partial charge is 0 e. The summed E-state index contributed by atoms with van der Waals surface area (Å²) < 4.78 is 0. The molecule has 66 valence electrons. The van der Waals surface area contributed by atoms with Gasteiger partial charge in [-0.1, -0.05) is 33.1 Å². The average Bonchev–Trinajstić information content (AvgIpc) is 2.55. The molecule has 12 heavy (non-hydrogen) atoms. The molecule has 0 nitrogen and oxygen atoms in total. The Labute approximate surface area is 89.6 Å². The van der Waals surface area contributed by atoms with Crippen LogP contribution in [0.25, 0.3) is 0 Å². The molecule has 0 aromatic heterocycles. The van der Waals surface area contributed by atoms with Gasteiger partial charge in [0.15, 0.2) is 0 Å². The first-order valence-electron chi connectivity index (χ1n) is 4.45. The molecular weight excluding hydrogens is 316 g/mol. The zero-order valence-corrected chi connectivity index (χ0v) is 10.7. The van der Waals surface area contributed by atoms with Crippen LogP contribution in [0.4, 0.5) is 0 Å². The van der Waals surface area contributed by atoms with E-state index in [4.69, 9.17) is 0 Å². The average molecular weight is 331 g/mol. The monoisotopic (exact) mass is 331 g/mol. The summed E-state index contributed by atoms with van der Waals surface area (Å²) in [5, 5.41) is 0. The molecule has 1 aliphatic rings. The van der Waals surface area contributed by atoms with Crippen LogP contribution < -0.4 is 0 Å². The van der Waals surface area contributed by atoms with Crippen molar-refractivity contribution >= 4 is 0 Å². The number of rotatable bonds is 0. The molecule has 0 saturated heterocycles. The van der Waals surface area contributed by atoms with Gasteiger partial charge in [-0.15, -0.1) is 0 Å². The first-order valence-corrected chi connectivity index (χ1v) is 4.45. The van der Waals surface area contributed by atoms with Crippen molar-refractivity contribution in [3.8, 4) is 0 Å². The molecule has 1 aromatic rings. The summed E-state index contributed by atoms with van der Waals surface area (Å²) in [5.74, 6) is 0. The minimum atomic E-state index is 0. The van der Waals surface area contributed by atoms with E-state index in [2.05, 4.69) is 18.2 Å². The molecule has 0 N–H and O–H groups in total. The van der Waals surface area contributed by atoms with Crippen LogP contribution >= 0.6 is 0 Å². The summed E-state index contributed by atoms with van der Waals surface area (Å²) in [6, 6.07) is 9.39. The SMILES string of the molecule is CC.[W].[c-]1ccc2c(c1)CCC2. The molecule has 0 radical (unpaired) electrons. The number of hydrogen-bond acceptors (Lipinski definition) is 0. The molecule has 0 saturated carbocycles. The minimum absolute atomic E-state index is 0. The quantitative estimate of drug-likeness (QED) is 0.641. The van der Waals surface area contributed by atoms with Crippen molar-refractivity contribution in [2.75, 3.05) is 0 Å². The molecule has 0 heterocycles. The van der Waals surface area contributed by atoms with Gasteiger partial charge >= 0.3 is 0 Å². The van der Waals surface area contributed by atoms with E-state index in [-0.39, 0.29) is 21.1 Å². The molecule has 2 rings (SSSR count). The van der Waals surface area contributed by atoms with Crippen LogP contribution in [0.15, 0.2) is 18.2 Å². The van der Waals surface area contributed by atoms with Crippen LogP contribution in [-0.2, 0) is 33.9 Å². The fourth-order valence-electron chi connectivity index (χ4n) is 1.44. The van der Waals surface area contributed by atoms with Gasteiger partial charge in [-0.25, -0.2) is 0 Å². The van der Waals surface area contributed by atoms with Gasteiger partial charge in [-0.2, -0.15) is 35.4 Å². The third-order valence-electron chi connectivity index (χ3n) is 1.94. The normalized spacial score (nSPS) is 12.2. The largest absolute Gasteiger partial charge is 0.184 e. The Bertz CT molecular complexity index is 195. The maximum Gasteiger partial charge on any atom is 0 e. The molecule has 0 unspecified atom stereocenters. The summed E-state index contributed by atoms with van der Waals surface area (Å²) >= 11 is 0. The third-order valence-corrected chi connectivity index (χ3v) is 1.94. The summed E-state index contributed by atoms with van der Waals surface area (Å²) in [6.45, 7) is 4.00. The summed E-state index contributed by atoms with van der Waals surface area (Å²) in [7, 11) is 0. The van der Waals surface area contributed by atoms with Crippen LogP contribution in [-0.4, -0.2) is 0 Å². The van der Waals surface area contributed by atoms with E-state index in [9.17, 15) is 0 Å². The van der Waals surface area contributed by atoms with E-state index in [1.165, 1.54) is 30.4 Å². The van der Waals surface area contributed by atoms with Gasteiger partial charge in [0.05, 0.1) is 0 Å². The van der Waals surface area contributed by atoms with Gasteiger partial charge in [0, 0.05) is 21.1 Å². The number of benzene rings is 1. The Hall–Kier alpha value is -0.0917. The molecule has 0 fully saturated rings. The zero-order valence-electron chi connectivity index (χ0n) is 7.76. The summed E-state index contributed by atoms with van der Waals surface area (Å²) in [4.78, 5) is 0. The second kappa shape index (κ2) is 6.43. The van der Waals surface area contributed by atoms with Gasteiger partial charge in [0.25, 0.3) is 0 Å². The van der Waals surface area contributed by atoms with Crippen LogP contribution in [0.2, 0.25) is 0 Å². The van der Waals surface area contributed by atoms with Crippen molar-refractivity contribution in [3.05, 3.63) is 35.4 Å². The molecular formula is C11H15W-. The standard InChI is InChI=1S/C9H9.C2H6.W/c1-2-5-9-7-3-6-8(9)4-1;1-2;/h1,4-5H,3,6-7H2;1-2H3;/q-1;;. The predicted octanol–water partition coefficient (Wildman–Crippen LogP) is 3.00. The van der Waals surface area contributed by atoms with E-state index in [1.807, 2.05) is 19.9 Å². The van der Waals surface area contributed by atoms with Gasteiger partial charge in [-0.05, 0) is 0 Å². The molecule has 0 bridgehead atoms. The maximum absolute atomic E-state index is 3.09.